The third-order valence-electron chi connectivity index (χ3n) is 4.79. The zero-order valence-corrected chi connectivity index (χ0v) is 17.4. The SMILES string of the molecule is CC(F)(Cl)Oc1ccc(NC(=O)c2cnc(N3CC[C@@H](O)C3)c(-c3ccn[nH]3)c2)cc1. The molecular weight excluding hydrogens is 425 g/mol. The number of H-pyrrole nitrogens is 1. The molecule has 1 saturated heterocycles. The predicted molar refractivity (Wildman–Crippen MR) is 115 cm³/mol. The zero-order valence-electron chi connectivity index (χ0n) is 16.7. The van der Waals surface area contributed by atoms with Crippen LogP contribution in [0.15, 0.2) is 48.8 Å². The number of pyridine rings is 1. The molecular formula is C21H21ClFN5O3. The lowest BCUT2D eigenvalue weighted by atomic mass is 10.1. The number of aromatic amines is 1. The quantitative estimate of drug-likeness (QED) is 0.501. The van der Waals surface area contributed by atoms with E-state index in [2.05, 4.69) is 20.5 Å². The molecule has 31 heavy (non-hydrogen) atoms. The first-order chi connectivity index (χ1) is 14.8. The van der Waals surface area contributed by atoms with Gasteiger partial charge in [0, 0.05) is 43.7 Å². The van der Waals surface area contributed by atoms with E-state index >= 15 is 0 Å². The van der Waals surface area contributed by atoms with E-state index in [1.54, 1.807) is 30.5 Å². The van der Waals surface area contributed by atoms with E-state index in [0.29, 0.717) is 42.1 Å². The average Bonchev–Trinajstić information content (AvgIpc) is 3.40. The summed E-state index contributed by atoms with van der Waals surface area (Å²) in [5, 5.41) is 17.2. The normalized spacial score (nSPS) is 17.9. The number of aliphatic hydroxyl groups is 1. The minimum atomic E-state index is -2.31. The van der Waals surface area contributed by atoms with Gasteiger partial charge in [-0.2, -0.15) is 9.49 Å². The van der Waals surface area contributed by atoms with Crippen LogP contribution in [0.25, 0.3) is 11.3 Å². The van der Waals surface area contributed by atoms with Crippen LogP contribution < -0.4 is 15.0 Å². The van der Waals surface area contributed by atoms with Crippen molar-refractivity contribution in [3.05, 3.63) is 54.4 Å². The standard InChI is InChI=1S/C21H21ClFN5O3/c1-21(22,23)31-16-4-2-14(3-5-16)26-20(30)13-10-17(18-6-8-25-27-18)19(24-11-13)28-9-7-15(29)12-28/h2-6,8,10-11,15,29H,7,9,12H2,1H3,(H,25,27)(H,26,30)/t15-,21?/m1/s1. The van der Waals surface area contributed by atoms with Gasteiger partial charge in [0.1, 0.15) is 11.6 Å². The molecule has 4 rings (SSSR count). The molecule has 1 fully saturated rings. The van der Waals surface area contributed by atoms with Gasteiger partial charge in [-0.25, -0.2) is 4.98 Å². The van der Waals surface area contributed by atoms with Crippen LogP contribution >= 0.6 is 11.6 Å². The number of benzene rings is 1. The molecule has 3 heterocycles. The highest BCUT2D eigenvalue weighted by Gasteiger charge is 2.25. The zero-order chi connectivity index (χ0) is 22.0. The van der Waals surface area contributed by atoms with Crippen molar-refractivity contribution >= 4 is 29.0 Å². The molecule has 0 bridgehead atoms. The van der Waals surface area contributed by atoms with Crippen LogP contribution in [0.5, 0.6) is 5.75 Å². The summed E-state index contributed by atoms with van der Waals surface area (Å²) in [5.74, 6) is 0.551. The number of carbonyl (C=O) groups excluding carboxylic acids is 1. The van der Waals surface area contributed by atoms with Gasteiger partial charge < -0.3 is 20.1 Å². The first kappa shape index (κ1) is 21.1. The summed E-state index contributed by atoms with van der Waals surface area (Å²) in [6.45, 7) is 2.24. The van der Waals surface area contributed by atoms with Crippen molar-refractivity contribution in [2.24, 2.45) is 0 Å². The van der Waals surface area contributed by atoms with Crippen LogP contribution in [-0.4, -0.2) is 50.7 Å². The second-order valence-electron chi connectivity index (χ2n) is 7.34. The number of β-amino-alcohol motifs (C(OH)–C–C–N with tert-alkyl or cyclic N) is 1. The lowest BCUT2D eigenvalue weighted by Gasteiger charge is -2.20. The highest BCUT2D eigenvalue weighted by Crippen LogP contribution is 2.31. The molecule has 10 heteroatoms. The number of halogens is 2. The summed E-state index contributed by atoms with van der Waals surface area (Å²) in [4.78, 5) is 19.3. The average molecular weight is 446 g/mol. The van der Waals surface area contributed by atoms with Gasteiger partial charge in [-0.3, -0.25) is 9.89 Å². The predicted octanol–water partition coefficient (Wildman–Crippen LogP) is 3.56. The summed E-state index contributed by atoms with van der Waals surface area (Å²) in [7, 11) is 0. The fourth-order valence-corrected chi connectivity index (χ4v) is 3.48. The molecule has 0 spiro atoms. The largest absolute Gasteiger partial charge is 0.445 e. The summed E-state index contributed by atoms with van der Waals surface area (Å²) < 4.78 is 18.3. The number of rotatable bonds is 6. The third kappa shape index (κ3) is 5.12. The smallest absolute Gasteiger partial charge is 0.324 e. The molecule has 1 unspecified atom stereocenters. The van der Waals surface area contributed by atoms with Crippen molar-refractivity contribution in [1.29, 1.82) is 0 Å². The monoisotopic (exact) mass is 445 g/mol. The fourth-order valence-electron chi connectivity index (χ4n) is 3.39. The maximum absolute atomic E-state index is 13.4. The van der Waals surface area contributed by atoms with Crippen LogP contribution in [0.1, 0.15) is 23.7 Å². The van der Waals surface area contributed by atoms with Gasteiger partial charge in [0.2, 0.25) is 0 Å². The number of hydrogen-bond acceptors (Lipinski definition) is 6. The molecule has 0 radical (unpaired) electrons. The number of nitrogens with one attached hydrogen (secondary N) is 2. The van der Waals surface area contributed by atoms with Gasteiger partial charge in [-0.15, -0.1) is 0 Å². The molecule has 1 aliphatic heterocycles. The van der Waals surface area contributed by atoms with E-state index in [1.165, 1.54) is 18.3 Å². The number of alkyl halides is 2. The highest BCUT2D eigenvalue weighted by atomic mass is 35.5. The van der Waals surface area contributed by atoms with E-state index in [4.69, 9.17) is 16.3 Å². The molecule has 0 aliphatic carbocycles. The second kappa shape index (κ2) is 8.52. The van der Waals surface area contributed by atoms with E-state index in [0.717, 1.165) is 12.6 Å². The molecule has 1 amide bonds. The molecule has 3 N–H and O–H groups in total. The highest BCUT2D eigenvalue weighted by molar-refractivity contribution is 6.21. The first-order valence-electron chi connectivity index (χ1n) is 9.69. The van der Waals surface area contributed by atoms with Crippen LogP contribution in [0.4, 0.5) is 15.9 Å². The van der Waals surface area contributed by atoms with Gasteiger partial charge in [0.25, 0.3) is 5.91 Å². The van der Waals surface area contributed by atoms with Crippen molar-refractivity contribution in [2.45, 2.75) is 24.8 Å². The number of ether oxygens (including phenoxy) is 1. The third-order valence-corrected chi connectivity index (χ3v) is 4.87. The Labute approximate surface area is 183 Å². The van der Waals surface area contributed by atoms with Gasteiger partial charge in [-0.1, -0.05) is 0 Å². The van der Waals surface area contributed by atoms with Crippen LogP contribution in [0, 0.1) is 0 Å². The summed E-state index contributed by atoms with van der Waals surface area (Å²) in [5.41, 5.74) is 2.29. The second-order valence-corrected chi connectivity index (χ2v) is 8.02. The number of hydrogen-bond donors (Lipinski definition) is 3. The van der Waals surface area contributed by atoms with Crippen molar-refractivity contribution in [3.8, 4) is 17.0 Å². The molecule has 0 saturated carbocycles. The minimum absolute atomic E-state index is 0.235. The van der Waals surface area contributed by atoms with E-state index in [1.807, 2.05) is 4.90 Å². The Kier molecular flexibility index (Phi) is 5.79. The Morgan fingerprint density at radius 2 is 2.16 bits per heavy atom. The summed E-state index contributed by atoms with van der Waals surface area (Å²) in [6.07, 6.45) is 3.38. The van der Waals surface area contributed by atoms with Crippen molar-refractivity contribution in [2.75, 3.05) is 23.3 Å². The van der Waals surface area contributed by atoms with Crippen LogP contribution in [0.3, 0.4) is 0 Å². The van der Waals surface area contributed by atoms with Crippen molar-refractivity contribution in [3.63, 3.8) is 0 Å². The van der Waals surface area contributed by atoms with Gasteiger partial charge in [-0.05, 0) is 54.4 Å². The molecule has 2 atom stereocenters. The van der Waals surface area contributed by atoms with Gasteiger partial charge >= 0.3 is 5.31 Å². The topological polar surface area (TPSA) is 103 Å². The molecule has 162 valence electrons. The number of anilines is 2. The van der Waals surface area contributed by atoms with Crippen LogP contribution in [0.2, 0.25) is 0 Å². The fraction of sp³-hybridized carbons (Fsp3) is 0.286. The maximum atomic E-state index is 13.4. The molecule has 1 aromatic carbocycles. The molecule has 3 aromatic rings. The molecule has 2 aromatic heterocycles. The number of aromatic nitrogens is 3. The number of amides is 1. The Hall–Kier alpha value is -3.17. The molecule has 8 nitrogen and oxygen atoms in total. The number of aliphatic hydroxyl groups excluding tert-OH is 1. The number of carbonyl (C=O) groups is 1. The lowest BCUT2D eigenvalue weighted by molar-refractivity contribution is 0.0399. The van der Waals surface area contributed by atoms with E-state index in [-0.39, 0.29) is 11.7 Å². The number of nitrogens with zero attached hydrogens (tertiary/aromatic N) is 3. The Morgan fingerprint density at radius 3 is 2.77 bits per heavy atom. The van der Waals surface area contributed by atoms with Crippen LogP contribution in [-0.2, 0) is 0 Å². The summed E-state index contributed by atoms with van der Waals surface area (Å²) >= 11 is 5.41. The molecule has 1 aliphatic rings. The van der Waals surface area contributed by atoms with Crippen molar-refractivity contribution < 1.29 is 19.0 Å². The van der Waals surface area contributed by atoms with Crippen molar-refractivity contribution in [1.82, 2.24) is 15.2 Å². The Morgan fingerprint density at radius 1 is 1.39 bits per heavy atom. The van der Waals surface area contributed by atoms with Gasteiger partial charge in [0.05, 0.1) is 17.4 Å². The Balaban J connectivity index is 1.55. The Bertz CT molecular complexity index is 1050. The lowest BCUT2D eigenvalue weighted by Crippen LogP contribution is -2.23. The van der Waals surface area contributed by atoms with E-state index < -0.39 is 11.4 Å². The van der Waals surface area contributed by atoms with Gasteiger partial charge in [0.15, 0.2) is 0 Å². The first-order valence-corrected chi connectivity index (χ1v) is 10.1. The summed E-state index contributed by atoms with van der Waals surface area (Å²) in [6, 6.07) is 9.70. The maximum Gasteiger partial charge on any atom is 0.324 e. The minimum Gasteiger partial charge on any atom is -0.445 e. The van der Waals surface area contributed by atoms with E-state index in [9.17, 15) is 14.3 Å².